The molecule has 0 amide bonds. The van der Waals surface area contributed by atoms with E-state index in [1.807, 2.05) is 60.7 Å². The fourth-order valence-electron chi connectivity index (χ4n) is 3.49. The molecule has 1 N–H and O–H groups in total. The van der Waals surface area contributed by atoms with Gasteiger partial charge in [-0.2, -0.15) is 0 Å². The van der Waals surface area contributed by atoms with Crippen LogP contribution in [-0.2, 0) is 0 Å². The molecule has 1 aromatic heterocycles. The summed E-state index contributed by atoms with van der Waals surface area (Å²) in [5, 5.41) is 4.01. The molecule has 0 unspecified atom stereocenters. The van der Waals surface area contributed by atoms with Crippen molar-refractivity contribution in [2.45, 2.75) is 6.42 Å². The molecule has 5 heteroatoms. The molecule has 0 atom stereocenters. The number of nitrogens with one attached hydrogen (secondary N) is 1. The topological polar surface area (TPSA) is 50.2 Å². The van der Waals surface area contributed by atoms with Crippen molar-refractivity contribution in [2.75, 3.05) is 11.9 Å². The quantitative estimate of drug-likeness (QED) is 0.517. The van der Waals surface area contributed by atoms with Crippen LogP contribution in [0, 0.1) is 5.82 Å². The van der Waals surface area contributed by atoms with Crippen LogP contribution in [0.5, 0.6) is 0 Å². The van der Waals surface area contributed by atoms with Crippen molar-refractivity contribution in [3.8, 4) is 11.4 Å². The number of fused-ring (bicyclic) bond motifs is 2. The summed E-state index contributed by atoms with van der Waals surface area (Å²) in [5.41, 5.74) is 3.90. The first-order chi connectivity index (χ1) is 13.8. The van der Waals surface area contributed by atoms with Crippen molar-refractivity contribution in [2.24, 2.45) is 4.99 Å². The largest absolute Gasteiger partial charge is 0.382 e. The summed E-state index contributed by atoms with van der Waals surface area (Å²) >= 11 is 0. The maximum atomic E-state index is 14.2. The van der Waals surface area contributed by atoms with E-state index in [1.165, 1.54) is 6.07 Å². The van der Waals surface area contributed by atoms with E-state index in [0.29, 0.717) is 30.3 Å². The van der Waals surface area contributed by atoms with Gasteiger partial charge in [0.2, 0.25) is 0 Å². The first-order valence-electron chi connectivity index (χ1n) is 9.22. The van der Waals surface area contributed by atoms with Gasteiger partial charge in [-0.3, -0.25) is 0 Å². The summed E-state index contributed by atoms with van der Waals surface area (Å²) in [4.78, 5) is 14.3. The number of hydrogen-bond donors (Lipinski definition) is 1. The molecule has 28 heavy (non-hydrogen) atoms. The number of nitrogens with zero attached hydrogens (tertiary/aromatic N) is 3. The van der Waals surface area contributed by atoms with Gasteiger partial charge in [0.05, 0.1) is 16.9 Å². The Morgan fingerprint density at radius 2 is 1.68 bits per heavy atom. The third-order valence-corrected chi connectivity index (χ3v) is 4.84. The van der Waals surface area contributed by atoms with E-state index in [1.54, 1.807) is 6.07 Å². The van der Waals surface area contributed by atoms with Crippen LogP contribution in [0.1, 0.15) is 12.0 Å². The second kappa shape index (κ2) is 6.85. The van der Waals surface area contributed by atoms with Gasteiger partial charge in [-0.25, -0.2) is 19.4 Å². The van der Waals surface area contributed by atoms with Crippen LogP contribution in [-0.4, -0.2) is 22.2 Å². The number of benzene rings is 3. The molecule has 0 aliphatic carbocycles. The van der Waals surface area contributed by atoms with Gasteiger partial charge in [0.15, 0.2) is 11.6 Å². The minimum Gasteiger partial charge on any atom is -0.382 e. The number of halogens is 1. The molecule has 0 fully saturated rings. The van der Waals surface area contributed by atoms with Gasteiger partial charge in [-0.1, -0.05) is 54.6 Å². The molecule has 0 bridgehead atoms. The molecule has 0 radical (unpaired) electrons. The molecular weight excluding hydrogens is 351 g/mol. The van der Waals surface area contributed by atoms with E-state index < -0.39 is 0 Å². The van der Waals surface area contributed by atoms with Crippen molar-refractivity contribution in [3.63, 3.8) is 0 Å². The third kappa shape index (κ3) is 2.91. The molecule has 4 nitrogen and oxygen atoms in total. The summed E-state index contributed by atoms with van der Waals surface area (Å²) in [6, 6.07) is 22.8. The van der Waals surface area contributed by atoms with Crippen LogP contribution >= 0.6 is 0 Å². The standard InChI is InChI=1S/C23H17FN4/c24-18-11-6-10-16-20(13-14-25-21(16)18)27-23-17-9-4-5-12-19(17)26-22(28-23)15-7-2-1-3-8-15/h1-12,25H,13-14H2. The summed E-state index contributed by atoms with van der Waals surface area (Å²) < 4.78 is 14.2. The van der Waals surface area contributed by atoms with E-state index in [2.05, 4.69) is 5.32 Å². The Balaban J connectivity index is 1.72. The number of aliphatic imine (C=N–C) groups is 1. The molecule has 0 saturated heterocycles. The zero-order chi connectivity index (χ0) is 18.9. The van der Waals surface area contributed by atoms with Gasteiger partial charge in [-0.15, -0.1) is 0 Å². The molecule has 5 rings (SSSR count). The van der Waals surface area contributed by atoms with Gasteiger partial charge in [-0.05, 0) is 18.2 Å². The lowest BCUT2D eigenvalue weighted by atomic mass is 10.0. The average molecular weight is 368 g/mol. The first-order valence-corrected chi connectivity index (χ1v) is 9.22. The summed E-state index contributed by atoms with van der Waals surface area (Å²) in [6.45, 7) is 0.640. The van der Waals surface area contributed by atoms with E-state index in [4.69, 9.17) is 15.0 Å². The Morgan fingerprint density at radius 1 is 0.857 bits per heavy atom. The van der Waals surface area contributed by atoms with Crippen LogP contribution in [0.4, 0.5) is 15.9 Å². The predicted octanol–water partition coefficient (Wildman–Crippen LogP) is 5.37. The van der Waals surface area contributed by atoms with Gasteiger partial charge >= 0.3 is 0 Å². The fraction of sp³-hybridized carbons (Fsp3) is 0.0870. The second-order valence-corrected chi connectivity index (χ2v) is 6.65. The number of hydrogen-bond acceptors (Lipinski definition) is 4. The number of anilines is 1. The zero-order valence-corrected chi connectivity index (χ0v) is 15.1. The highest BCUT2D eigenvalue weighted by molar-refractivity contribution is 6.09. The molecule has 4 aromatic rings. The highest BCUT2D eigenvalue weighted by Gasteiger charge is 2.19. The first kappa shape index (κ1) is 16.6. The summed E-state index contributed by atoms with van der Waals surface area (Å²) in [7, 11) is 0. The molecule has 0 spiro atoms. The van der Waals surface area contributed by atoms with Crippen molar-refractivity contribution in [1.82, 2.24) is 9.97 Å². The monoisotopic (exact) mass is 368 g/mol. The lowest BCUT2D eigenvalue weighted by Crippen LogP contribution is -2.19. The second-order valence-electron chi connectivity index (χ2n) is 6.65. The Morgan fingerprint density at radius 3 is 2.57 bits per heavy atom. The Bertz CT molecular complexity index is 1200. The molecular formula is C23H17FN4. The van der Waals surface area contributed by atoms with E-state index in [-0.39, 0.29) is 5.82 Å². The minimum atomic E-state index is -0.262. The van der Waals surface area contributed by atoms with Gasteiger partial charge in [0.25, 0.3) is 0 Å². The highest BCUT2D eigenvalue weighted by Crippen LogP contribution is 2.30. The number of rotatable bonds is 2. The summed E-state index contributed by atoms with van der Waals surface area (Å²) in [6.07, 6.45) is 0.704. The Labute approximate surface area is 161 Å². The van der Waals surface area contributed by atoms with Crippen molar-refractivity contribution < 1.29 is 4.39 Å². The summed E-state index contributed by atoms with van der Waals surface area (Å²) in [5.74, 6) is 0.978. The van der Waals surface area contributed by atoms with Crippen molar-refractivity contribution in [3.05, 3.63) is 84.2 Å². The molecule has 1 aliphatic rings. The molecule has 136 valence electrons. The average Bonchev–Trinajstić information content (AvgIpc) is 2.75. The van der Waals surface area contributed by atoms with E-state index in [9.17, 15) is 4.39 Å². The molecule has 0 saturated carbocycles. The van der Waals surface area contributed by atoms with Crippen LogP contribution < -0.4 is 5.32 Å². The zero-order valence-electron chi connectivity index (χ0n) is 15.1. The molecule has 2 heterocycles. The highest BCUT2D eigenvalue weighted by atomic mass is 19.1. The Hall–Kier alpha value is -3.60. The Kier molecular flexibility index (Phi) is 4.05. The van der Waals surface area contributed by atoms with Gasteiger partial charge < -0.3 is 5.32 Å². The van der Waals surface area contributed by atoms with E-state index >= 15 is 0 Å². The van der Waals surface area contributed by atoms with Crippen LogP contribution in [0.25, 0.3) is 22.3 Å². The van der Waals surface area contributed by atoms with E-state index in [0.717, 1.165) is 27.7 Å². The maximum Gasteiger partial charge on any atom is 0.164 e. The van der Waals surface area contributed by atoms with Crippen LogP contribution in [0.3, 0.4) is 0 Å². The SMILES string of the molecule is Fc1cccc2c1NCCC2=Nc1nc(-c2ccccc2)nc2ccccc12. The number of para-hydroxylation sites is 2. The lowest BCUT2D eigenvalue weighted by molar-refractivity contribution is 0.629. The van der Waals surface area contributed by atoms with Crippen molar-refractivity contribution >= 4 is 28.1 Å². The lowest BCUT2D eigenvalue weighted by Gasteiger charge is -2.20. The van der Waals surface area contributed by atoms with Crippen molar-refractivity contribution in [1.29, 1.82) is 0 Å². The molecule has 1 aliphatic heterocycles. The smallest absolute Gasteiger partial charge is 0.164 e. The predicted molar refractivity (Wildman–Crippen MR) is 111 cm³/mol. The van der Waals surface area contributed by atoms with Gasteiger partial charge in [0, 0.05) is 29.5 Å². The fourth-order valence-corrected chi connectivity index (χ4v) is 3.49. The number of aromatic nitrogens is 2. The van der Waals surface area contributed by atoms with Crippen LogP contribution in [0.2, 0.25) is 0 Å². The minimum absolute atomic E-state index is 0.262. The van der Waals surface area contributed by atoms with Gasteiger partial charge in [0.1, 0.15) is 5.82 Å². The molecule has 3 aromatic carbocycles. The maximum absolute atomic E-state index is 14.2. The van der Waals surface area contributed by atoms with Crippen LogP contribution in [0.15, 0.2) is 77.8 Å². The normalized spacial score (nSPS) is 14.7. The third-order valence-electron chi connectivity index (χ3n) is 4.84.